The molecular weight excluding hydrogens is 78.9 g/mol. The van der Waals surface area contributed by atoms with E-state index in [1.165, 1.54) is 0 Å². The largest absolute Gasteiger partial charge is 0.412 e. The van der Waals surface area contributed by atoms with E-state index in [1.54, 1.807) is 0 Å². The lowest BCUT2D eigenvalue weighted by atomic mass is 10.8. The van der Waals surface area contributed by atoms with Crippen LogP contribution in [0.5, 0.6) is 0 Å². The zero-order chi connectivity index (χ0) is 2.71. The molecule has 0 aromatic carbocycles. The predicted molar refractivity (Wildman–Crippen MR) is 33.8 cm³/mol. The first-order chi connectivity index (χ1) is 1.41. The minimum absolute atomic E-state index is 0. The minimum Gasteiger partial charge on any atom is -0.412 e. The van der Waals surface area contributed by atoms with Crippen molar-refractivity contribution in [1.29, 1.82) is 0 Å². The molecule has 0 aliphatic carbocycles. The fraction of sp³-hybridized carbons (Fsp3) is 1.00. The Morgan fingerprint density at radius 2 is 1.20 bits per heavy atom. The van der Waals surface area contributed by atoms with Crippen LogP contribution in [0.4, 0.5) is 0 Å². The lowest BCUT2D eigenvalue weighted by Crippen LogP contribution is -1.53. The van der Waals surface area contributed by atoms with Crippen molar-refractivity contribution in [2.24, 2.45) is 0 Å². The highest BCUT2D eigenvalue weighted by molar-refractivity contribution is 6.31. The van der Waals surface area contributed by atoms with Gasteiger partial charge in [-0.15, -0.1) is 0 Å². The van der Waals surface area contributed by atoms with Crippen molar-refractivity contribution in [2.45, 2.75) is 13.1 Å². The van der Waals surface area contributed by atoms with Gasteiger partial charge in [-0.25, -0.2) is 0 Å². The monoisotopic (exact) mass is 92.1 g/mol. The molecule has 0 spiro atoms. The summed E-state index contributed by atoms with van der Waals surface area (Å²) in [5.41, 5.74) is 0. The van der Waals surface area contributed by atoms with Crippen LogP contribution in [0.25, 0.3) is 0 Å². The molecular formula is C2H13BOSi. The first kappa shape index (κ1) is 18.8. The van der Waals surface area contributed by atoms with Crippen molar-refractivity contribution in [3.05, 3.63) is 0 Å². The van der Waals surface area contributed by atoms with Crippen molar-refractivity contribution >= 4 is 17.9 Å². The Bertz CT molecular complexity index is 9.61. The van der Waals surface area contributed by atoms with Crippen LogP contribution in [0.1, 0.15) is 0 Å². The molecule has 0 unspecified atom stereocenters. The van der Waals surface area contributed by atoms with E-state index in [-0.39, 0.29) is 13.9 Å². The van der Waals surface area contributed by atoms with Crippen molar-refractivity contribution < 1.29 is 5.48 Å². The fourth-order valence-electron chi connectivity index (χ4n) is 0. The van der Waals surface area contributed by atoms with Crippen LogP contribution in [-0.4, -0.2) is 23.4 Å². The minimum atomic E-state index is 0. The average Bonchev–Trinajstić information content (AvgIpc) is 0.918. The number of hydrogen-bond donors (Lipinski definition) is 0. The molecule has 0 bridgehead atoms. The molecule has 0 heterocycles. The summed E-state index contributed by atoms with van der Waals surface area (Å²) in [5.74, 6) is 0. The van der Waals surface area contributed by atoms with Gasteiger partial charge in [-0.05, 0) is 0 Å². The van der Waals surface area contributed by atoms with E-state index in [2.05, 4.69) is 13.1 Å². The normalized spacial score (nSPS) is 3.60. The van der Waals surface area contributed by atoms with E-state index in [0.717, 1.165) is 0 Å². The molecule has 0 fully saturated rings. The van der Waals surface area contributed by atoms with Gasteiger partial charge in [-0.1, -0.05) is 13.1 Å². The quantitative estimate of drug-likeness (QED) is 0.317. The SMILES string of the molecule is B.C[SiH2]C.O. The van der Waals surface area contributed by atoms with Crippen LogP contribution in [-0.2, 0) is 0 Å². The summed E-state index contributed by atoms with van der Waals surface area (Å²) in [6.45, 7) is 4.53. The van der Waals surface area contributed by atoms with Crippen LogP contribution in [0, 0.1) is 0 Å². The summed E-state index contributed by atoms with van der Waals surface area (Å²) < 4.78 is 0. The van der Waals surface area contributed by atoms with E-state index < -0.39 is 0 Å². The number of hydrogen-bond acceptors (Lipinski definition) is 0. The van der Waals surface area contributed by atoms with Gasteiger partial charge in [-0.2, -0.15) is 0 Å². The molecule has 0 saturated carbocycles. The molecule has 0 aliphatic rings. The Hall–Kier alpha value is 0.242. The van der Waals surface area contributed by atoms with Crippen LogP contribution in [0.15, 0.2) is 0 Å². The van der Waals surface area contributed by atoms with Crippen molar-refractivity contribution in [1.82, 2.24) is 0 Å². The summed E-state index contributed by atoms with van der Waals surface area (Å²) in [4.78, 5) is 0. The van der Waals surface area contributed by atoms with Crippen molar-refractivity contribution in [3.63, 3.8) is 0 Å². The molecule has 5 heavy (non-hydrogen) atoms. The zero-order valence-corrected chi connectivity index (χ0v) is 4.62. The van der Waals surface area contributed by atoms with E-state index in [4.69, 9.17) is 0 Å². The molecule has 0 saturated heterocycles. The first-order valence-corrected chi connectivity index (χ1v) is 4.24. The van der Waals surface area contributed by atoms with Crippen LogP contribution < -0.4 is 0 Å². The third-order valence-corrected chi connectivity index (χ3v) is 0. The molecule has 34 valence electrons. The second-order valence-corrected chi connectivity index (χ2v) is 2.12. The van der Waals surface area contributed by atoms with Gasteiger partial charge in [0, 0.05) is 9.52 Å². The maximum absolute atomic E-state index is 2.26. The number of rotatable bonds is 0. The Labute approximate surface area is 37.5 Å². The van der Waals surface area contributed by atoms with Gasteiger partial charge in [0.15, 0.2) is 0 Å². The maximum atomic E-state index is 2.26. The molecule has 0 aliphatic heterocycles. The van der Waals surface area contributed by atoms with E-state index >= 15 is 0 Å². The Balaban J connectivity index is -0.0000000200. The summed E-state index contributed by atoms with van der Waals surface area (Å²) in [6, 6.07) is 0. The average molecular weight is 92.0 g/mol. The van der Waals surface area contributed by atoms with Crippen LogP contribution in [0.3, 0.4) is 0 Å². The van der Waals surface area contributed by atoms with Crippen LogP contribution >= 0.6 is 0 Å². The van der Waals surface area contributed by atoms with Gasteiger partial charge in [0.25, 0.3) is 0 Å². The Morgan fingerprint density at radius 1 is 1.20 bits per heavy atom. The second-order valence-electron chi connectivity index (χ2n) is 0.707. The molecule has 0 aromatic heterocycles. The highest BCUT2D eigenvalue weighted by atomic mass is 28.2. The lowest BCUT2D eigenvalue weighted by Gasteiger charge is -1.45. The highest BCUT2D eigenvalue weighted by Crippen LogP contribution is 1.36. The van der Waals surface area contributed by atoms with E-state index in [1.807, 2.05) is 0 Å². The smallest absolute Gasteiger partial charge is 0.0814 e. The summed E-state index contributed by atoms with van der Waals surface area (Å²) in [7, 11) is 0.417. The van der Waals surface area contributed by atoms with E-state index in [9.17, 15) is 0 Å². The summed E-state index contributed by atoms with van der Waals surface area (Å²) in [5, 5.41) is 0. The van der Waals surface area contributed by atoms with Gasteiger partial charge in [0.05, 0.1) is 8.41 Å². The van der Waals surface area contributed by atoms with Crippen molar-refractivity contribution in [2.75, 3.05) is 0 Å². The Morgan fingerprint density at radius 3 is 1.20 bits per heavy atom. The standard InChI is InChI=1S/C2H8Si.BH3.H2O/c1-3-2;;/h3H2,1-2H3;1H3;1H2. The molecule has 2 N–H and O–H groups in total. The molecule has 1 nitrogen and oxygen atoms in total. The molecule has 0 aromatic rings. The van der Waals surface area contributed by atoms with Crippen molar-refractivity contribution in [3.8, 4) is 0 Å². The molecule has 3 heteroatoms. The Kier molecular flexibility index (Phi) is 108. The van der Waals surface area contributed by atoms with Gasteiger partial charge >= 0.3 is 0 Å². The zero-order valence-electron chi connectivity index (χ0n) is 3.21. The first-order valence-electron chi connectivity index (χ1n) is 1.41. The van der Waals surface area contributed by atoms with Gasteiger partial charge < -0.3 is 5.48 Å². The highest BCUT2D eigenvalue weighted by Gasteiger charge is 1.38. The summed E-state index contributed by atoms with van der Waals surface area (Å²) in [6.07, 6.45) is 0. The van der Waals surface area contributed by atoms with Gasteiger partial charge in [0.2, 0.25) is 0 Å². The third-order valence-electron chi connectivity index (χ3n) is 0. The third kappa shape index (κ3) is 365. The second kappa shape index (κ2) is 28.9. The molecule has 0 amide bonds. The van der Waals surface area contributed by atoms with Gasteiger partial charge in [0.1, 0.15) is 0 Å². The molecule has 0 radical (unpaired) electrons. The van der Waals surface area contributed by atoms with Gasteiger partial charge in [-0.3, -0.25) is 0 Å². The topological polar surface area (TPSA) is 31.5 Å². The molecule has 0 atom stereocenters. The predicted octanol–water partition coefficient (Wildman–Crippen LogP) is -1.76. The maximum Gasteiger partial charge on any atom is 0.0814 e. The molecule has 0 rings (SSSR count). The summed E-state index contributed by atoms with van der Waals surface area (Å²) >= 11 is 0. The van der Waals surface area contributed by atoms with E-state index in [0.29, 0.717) is 9.52 Å². The lowest BCUT2D eigenvalue weighted by molar-refractivity contribution is 0.824. The van der Waals surface area contributed by atoms with Crippen LogP contribution in [0.2, 0.25) is 13.1 Å². The fourth-order valence-corrected chi connectivity index (χ4v) is 0.